The largest absolute Gasteiger partial charge is 0.382 e. The van der Waals surface area contributed by atoms with Crippen molar-refractivity contribution in [2.45, 2.75) is 18.7 Å². The molecule has 0 aliphatic rings. The van der Waals surface area contributed by atoms with Gasteiger partial charge in [-0.3, -0.25) is 14.3 Å². The lowest BCUT2D eigenvalue weighted by molar-refractivity contribution is 0.102. The smallest absolute Gasteiger partial charge is 0.299 e. The maximum atomic E-state index is 13.1. The van der Waals surface area contributed by atoms with Crippen molar-refractivity contribution in [1.29, 1.82) is 0 Å². The van der Waals surface area contributed by atoms with Gasteiger partial charge in [0.2, 0.25) is 15.7 Å². The number of hydrogen-bond acceptors (Lipinski definition) is 10. The summed E-state index contributed by atoms with van der Waals surface area (Å²) >= 11 is 0. The number of amides is 1. The van der Waals surface area contributed by atoms with Crippen LogP contribution in [0.25, 0.3) is 11.3 Å². The second kappa shape index (κ2) is 9.83. The van der Waals surface area contributed by atoms with Gasteiger partial charge in [-0.05, 0) is 50.2 Å². The van der Waals surface area contributed by atoms with E-state index in [-0.39, 0.29) is 44.7 Å². The minimum atomic E-state index is -3.88. The second-order valence-electron chi connectivity index (χ2n) is 8.74. The Balaban J connectivity index is 1.46. The molecule has 2 aromatic carbocycles. The van der Waals surface area contributed by atoms with Crippen LogP contribution >= 0.6 is 0 Å². The Bertz CT molecular complexity index is 1970. The van der Waals surface area contributed by atoms with Gasteiger partial charge >= 0.3 is 0 Å². The molecule has 0 saturated heterocycles. The number of benzene rings is 2. The van der Waals surface area contributed by atoms with Crippen molar-refractivity contribution in [3.05, 3.63) is 82.0 Å². The van der Waals surface area contributed by atoms with E-state index in [0.29, 0.717) is 17.1 Å². The Labute approximate surface area is 226 Å². The van der Waals surface area contributed by atoms with Gasteiger partial charge in [0.1, 0.15) is 0 Å². The van der Waals surface area contributed by atoms with Crippen LogP contribution in [0.4, 0.5) is 22.9 Å². The molecule has 16 heteroatoms. The van der Waals surface area contributed by atoms with Crippen molar-refractivity contribution < 1.29 is 13.2 Å². The lowest BCUT2D eigenvalue weighted by atomic mass is 10.3. The number of primary sulfonamides is 1. The predicted molar refractivity (Wildman–Crippen MR) is 146 cm³/mol. The molecule has 204 valence electrons. The monoisotopic (exact) mass is 561 g/mol. The summed E-state index contributed by atoms with van der Waals surface area (Å²) in [5.41, 5.74) is 8.04. The molecule has 3 aromatic heterocycles. The maximum Gasteiger partial charge on any atom is 0.299 e. The van der Waals surface area contributed by atoms with Gasteiger partial charge in [0.05, 0.1) is 22.0 Å². The third kappa shape index (κ3) is 4.61. The summed E-state index contributed by atoms with van der Waals surface area (Å²) in [7, 11) is -2.13. The molecule has 0 aliphatic carbocycles. The van der Waals surface area contributed by atoms with E-state index in [1.54, 1.807) is 25.6 Å². The average Bonchev–Trinajstić information content (AvgIpc) is 3.35. The SMILES string of the molecule is Cc1nn2c(N)c(C(=O)Nc3ccc(S(N)(=O)=O)cc3)nnc2c1N=Nc1c(C)n(C)n(-c2ccccc2)c1=O. The number of hydrogen-bond donors (Lipinski definition) is 3. The molecule has 0 unspecified atom stereocenters. The first kappa shape index (κ1) is 26.4. The zero-order valence-corrected chi connectivity index (χ0v) is 22.3. The summed E-state index contributed by atoms with van der Waals surface area (Å²) in [4.78, 5) is 25.9. The second-order valence-corrected chi connectivity index (χ2v) is 10.3. The molecule has 15 nitrogen and oxygen atoms in total. The molecule has 0 radical (unpaired) electrons. The van der Waals surface area contributed by atoms with Gasteiger partial charge in [0.25, 0.3) is 11.5 Å². The molecular weight excluding hydrogens is 538 g/mol. The number of para-hydroxylation sites is 1. The van der Waals surface area contributed by atoms with Gasteiger partial charge < -0.3 is 11.1 Å². The van der Waals surface area contributed by atoms with E-state index in [1.165, 1.54) is 33.5 Å². The standard InChI is InChI=1S/C24H23N11O4S/c1-13-18(28-29-19-14(2)33(3)35(24(19)37)16-7-5-4-6-8-16)22-31-30-20(21(25)34(22)32-13)23(36)27-15-9-11-17(12-10-15)40(26,38)39/h4-12H,25H2,1-3H3,(H,27,36)(H2,26,38,39). The lowest BCUT2D eigenvalue weighted by Crippen LogP contribution is -2.19. The van der Waals surface area contributed by atoms with Gasteiger partial charge in [-0.25, -0.2) is 18.2 Å². The van der Waals surface area contributed by atoms with E-state index < -0.39 is 15.9 Å². The number of carbonyl (C=O) groups excluding carboxylic acids is 1. The molecule has 5 rings (SSSR count). The van der Waals surface area contributed by atoms with Crippen molar-refractivity contribution in [3.63, 3.8) is 0 Å². The molecule has 3 heterocycles. The van der Waals surface area contributed by atoms with Crippen molar-refractivity contribution in [2.75, 3.05) is 11.1 Å². The number of aromatic nitrogens is 6. The van der Waals surface area contributed by atoms with Crippen molar-refractivity contribution in [1.82, 2.24) is 29.2 Å². The number of nitrogens with one attached hydrogen (secondary N) is 1. The first-order valence-corrected chi connectivity index (χ1v) is 13.2. The van der Waals surface area contributed by atoms with Crippen LogP contribution in [0.2, 0.25) is 0 Å². The van der Waals surface area contributed by atoms with Crippen LogP contribution in [0.1, 0.15) is 21.9 Å². The van der Waals surface area contributed by atoms with Gasteiger partial charge in [0.15, 0.2) is 22.9 Å². The topological polar surface area (TPSA) is 210 Å². The zero-order chi connectivity index (χ0) is 28.8. The van der Waals surface area contributed by atoms with Crippen LogP contribution < -0.4 is 21.7 Å². The van der Waals surface area contributed by atoms with E-state index in [9.17, 15) is 18.0 Å². The van der Waals surface area contributed by atoms with Gasteiger partial charge in [0, 0.05) is 12.7 Å². The van der Waals surface area contributed by atoms with Gasteiger partial charge in [-0.2, -0.15) is 9.61 Å². The van der Waals surface area contributed by atoms with Crippen molar-refractivity contribution in [2.24, 2.45) is 22.4 Å². The molecule has 0 fully saturated rings. The number of sulfonamides is 1. The first-order chi connectivity index (χ1) is 19.0. The Morgan fingerprint density at radius 1 is 0.975 bits per heavy atom. The van der Waals surface area contributed by atoms with Gasteiger partial charge in [-0.15, -0.1) is 20.4 Å². The summed E-state index contributed by atoms with van der Waals surface area (Å²) in [5, 5.41) is 28.4. The highest BCUT2D eigenvalue weighted by atomic mass is 32.2. The molecule has 5 N–H and O–H groups in total. The van der Waals surface area contributed by atoms with Crippen molar-refractivity contribution >= 4 is 44.5 Å². The molecular formula is C24H23N11O4S. The number of azo groups is 1. The highest BCUT2D eigenvalue weighted by Gasteiger charge is 2.22. The Hall–Kier alpha value is -5.22. The first-order valence-electron chi connectivity index (χ1n) is 11.7. The molecule has 0 bridgehead atoms. The predicted octanol–water partition coefficient (Wildman–Crippen LogP) is 2.13. The zero-order valence-electron chi connectivity index (χ0n) is 21.5. The quantitative estimate of drug-likeness (QED) is 0.261. The van der Waals surface area contributed by atoms with E-state index in [2.05, 4.69) is 30.8 Å². The Morgan fingerprint density at radius 2 is 1.62 bits per heavy atom. The van der Waals surface area contributed by atoms with E-state index in [4.69, 9.17) is 10.9 Å². The van der Waals surface area contributed by atoms with Crippen LogP contribution in [-0.4, -0.2) is 43.5 Å². The third-order valence-electron chi connectivity index (χ3n) is 6.15. The number of carbonyl (C=O) groups is 1. The van der Waals surface area contributed by atoms with Crippen LogP contribution in [-0.2, 0) is 17.1 Å². The molecule has 0 saturated carbocycles. The molecule has 40 heavy (non-hydrogen) atoms. The normalized spacial score (nSPS) is 11.9. The van der Waals surface area contributed by atoms with Crippen LogP contribution in [0.3, 0.4) is 0 Å². The van der Waals surface area contributed by atoms with Crippen LogP contribution in [0, 0.1) is 13.8 Å². The molecule has 1 amide bonds. The number of rotatable bonds is 6. The fraction of sp³-hybridized carbons (Fsp3) is 0.125. The number of nitrogen functional groups attached to an aromatic ring is 1. The molecule has 5 aromatic rings. The van der Waals surface area contributed by atoms with Crippen LogP contribution in [0.5, 0.6) is 0 Å². The van der Waals surface area contributed by atoms with Gasteiger partial charge in [-0.1, -0.05) is 18.2 Å². The summed E-state index contributed by atoms with van der Waals surface area (Å²) in [6, 6.07) is 14.4. The summed E-state index contributed by atoms with van der Waals surface area (Å²) in [5.74, 6) is -0.816. The molecule has 0 spiro atoms. The number of aryl methyl sites for hydroxylation is 1. The highest BCUT2D eigenvalue weighted by Crippen LogP contribution is 2.28. The summed E-state index contributed by atoms with van der Waals surface area (Å²) in [6.07, 6.45) is 0. The average molecular weight is 562 g/mol. The summed E-state index contributed by atoms with van der Waals surface area (Å²) in [6.45, 7) is 3.40. The van der Waals surface area contributed by atoms with Crippen molar-refractivity contribution in [3.8, 4) is 5.69 Å². The maximum absolute atomic E-state index is 13.1. The molecule has 0 atom stereocenters. The minimum absolute atomic E-state index is 0.107. The lowest BCUT2D eigenvalue weighted by Gasteiger charge is -2.07. The molecule has 0 aliphatic heterocycles. The number of anilines is 2. The van der Waals surface area contributed by atoms with Crippen LogP contribution in [0.15, 0.2) is 74.5 Å². The summed E-state index contributed by atoms with van der Waals surface area (Å²) < 4.78 is 27.2. The third-order valence-corrected chi connectivity index (χ3v) is 7.08. The fourth-order valence-corrected chi connectivity index (χ4v) is 4.50. The van der Waals surface area contributed by atoms with E-state index in [1.807, 2.05) is 30.3 Å². The highest BCUT2D eigenvalue weighted by molar-refractivity contribution is 7.89. The Kier molecular flexibility index (Phi) is 6.48. The number of nitrogens with zero attached hydrogens (tertiary/aromatic N) is 8. The fourth-order valence-electron chi connectivity index (χ4n) is 3.98. The Morgan fingerprint density at radius 3 is 2.27 bits per heavy atom. The van der Waals surface area contributed by atoms with E-state index >= 15 is 0 Å². The minimum Gasteiger partial charge on any atom is -0.382 e. The van der Waals surface area contributed by atoms with E-state index in [0.717, 1.165) is 0 Å². The number of fused-ring (bicyclic) bond motifs is 1. The number of nitrogens with two attached hydrogens (primary N) is 2.